The van der Waals surface area contributed by atoms with Crippen molar-refractivity contribution in [2.75, 3.05) is 11.9 Å². The van der Waals surface area contributed by atoms with Crippen molar-refractivity contribution in [2.24, 2.45) is 5.92 Å². The third kappa shape index (κ3) is 4.33. The summed E-state index contributed by atoms with van der Waals surface area (Å²) in [5, 5.41) is 15.4. The fourth-order valence-electron chi connectivity index (χ4n) is 2.99. The molecule has 29 heavy (non-hydrogen) atoms. The lowest BCUT2D eigenvalue weighted by Crippen LogP contribution is -2.44. The topological polar surface area (TPSA) is 79.8 Å². The van der Waals surface area contributed by atoms with Gasteiger partial charge in [-0.3, -0.25) is 4.79 Å². The molecule has 1 saturated carbocycles. The lowest BCUT2D eigenvalue weighted by atomic mass is 10.2. The van der Waals surface area contributed by atoms with Gasteiger partial charge in [0.15, 0.2) is 17.6 Å². The Hall–Kier alpha value is -3.10. The highest BCUT2D eigenvalue weighted by molar-refractivity contribution is 5.83. The molecule has 1 heterocycles. The Bertz CT molecular complexity index is 934. The average Bonchev–Trinajstić information content (AvgIpc) is 3.53. The second-order valence-electron chi connectivity index (χ2n) is 7.09. The Morgan fingerprint density at radius 2 is 2.07 bits per heavy atom. The van der Waals surface area contributed by atoms with Gasteiger partial charge in [0.25, 0.3) is 5.91 Å². The van der Waals surface area contributed by atoms with Gasteiger partial charge in [-0.25, -0.2) is 4.39 Å². The zero-order valence-electron chi connectivity index (χ0n) is 15.3. The zero-order chi connectivity index (χ0) is 20.6. The lowest BCUT2D eigenvalue weighted by molar-refractivity contribution is -0.192. The van der Waals surface area contributed by atoms with E-state index in [9.17, 15) is 23.1 Å². The molecule has 0 saturated heterocycles. The molecule has 1 fully saturated rings. The molecule has 9 heteroatoms. The van der Waals surface area contributed by atoms with Crippen LogP contribution in [0.4, 0.5) is 18.9 Å². The van der Waals surface area contributed by atoms with Crippen LogP contribution in [-0.2, 0) is 11.3 Å². The first-order valence-corrected chi connectivity index (χ1v) is 9.18. The van der Waals surface area contributed by atoms with E-state index in [2.05, 4.69) is 10.6 Å². The van der Waals surface area contributed by atoms with Crippen LogP contribution < -0.4 is 20.1 Å². The molecule has 0 aromatic heterocycles. The highest BCUT2D eigenvalue weighted by Gasteiger charge is 2.49. The van der Waals surface area contributed by atoms with E-state index in [0.717, 1.165) is 0 Å². The van der Waals surface area contributed by atoms with Crippen molar-refractivity contribution in [1.29, 1.82) is 0 Å². The Labute approximate surface area is 164 Å². The maximum absolute atomic E-state index is 13.9. The first-order valence-electron chi connectivity index (χ1n) is 9.18. The van der Waals surface area contributed by atoms with Gasteiger partial charge in [-0.1, -0.05) is 6.07 Å². The van der Waals surface area contributed by atoms with E-state index >= 15 is 0 Å². The van der Waals surface area contributed by atoms with Crippen LogP contribution in [0.1, 0.15) is 18.4 Å². The van der Waals surface area contributed by atoms with Gasteiger partial charge in [0.1, 0.15) is 11.6 Å². The number of carbonyl (C=O) groups excluding carboxylic acids is 1. The van der Waals surface area contributed by atoms with Crippen molar-refractivity contribution >= 4 is 11.6 Å². The number of alkyl halides is 2. The van der Waals surface area contributed by atoms with Gasteiger partial charge in [0.05, 0.1) is 18.2 Å². The summed E-state index contributed by atoms with van der Waals surface area (Å²) >= 11 is 0. The van der Waals surface area contributed by atoms with Gasteiger partial charge < -0.3 is 25.2 Å². The number of nitrogens with one attached hydrogen (secondary N) is 2. The second-order valence-corrected chi connectivity index (χ2v) is 7.09. The minimum atomic E-state index is -3.34. The average molecular weight is 408 g/mol. The van der Waals surface area contributed by atoms with E-state index in [1.54, 1.807) is 0 Å². The molecule has 154 valence electrons. The molecule has 3 N–H and O–H groups in total. The van der Waals surface area contributed by atoms with E-state index in [0.29, 0.717) is 24.1 Å². The van der Waals surface area contributed by atoms with Crippen molar-refractivity contribution in [3.63, 3.8) is 0 Å². The quantitative estimate of drug-likeness (QED) is 0.683. The maximum atomic E-state index is 13.9. The summed E-state index contributed by atoms with van der Waals surface area (Å²) in [7, 11) is 0. The van der Waals surface area contributed by atoms with E-state index < -0.39 is 35.6 Å². The summed E-state index contributed by atoms with van der Waals surface area (Å²) < 4.78 is 51.3. The number of phenols is 1. The van der Waals surface area contributed by atoms with Crippen LogP contribution in [0, 0.1) is 11.7 Å². The van der Waals surface area contributed by atoms with Crippen LogP contribution >= 0.6 is 0 Å². The summed E-state index contributed by atoms with van der Waals surface area (Å²) in [6.07, 6.45) is -3.46. The molecule has 1 aliphatic heterocycles. The minimum Gasteiger partial charge on any atom is -0.504 e. The van der Waals surface area contributed by atoms with E-state index in [-0.39, 0.29) is 24.6 Å². The van der Waals surface area contributed by atoms with Gasteiger partial charge in [-0.05, 0) is 42.7 Å². The van der Waals surface area contributed by atoms with Crippen molar-refractivity contribution < 1.29 is 32.5 Å². The summed E-state index contributed by atoms with van der Waals surface area (Å²) in [5.41, 5.74) is 1.06. The predicted octanol–water partition coefficient (Wildman–Crippen LogP) is 3.40. The number of hydrogen-bond acceptors (Lipinski definition) is 5. The zero-order valence-corrected chi connectivity index (χ0v) is 15.3. The molecule has 1 unspecified atom stereocenters. The van der Waals surface area contributed by atoms with Gasteiger partial charge in [-0.15, -0.1) is 0 Å². The molecule has 2 aliphatic rings. The SMILES string of the molecule is O=C(NCc1ccc(O)c(OC(F)(F)C2CC2)c1)C1CNc2ccc(F)cc2O1. The number of ether oxygens (including phenoxy) is 2. The van der Waals surface area contributed by atoms with Crippen molar-refractivity contribution in [2.45, 2.75) is 31.6 Å². The molecule has 2 aromatic rings. The highest BCUT2D eigenvalue weighted by Crippen LogP contribution is 2.45. The van der Waals surface area contributed by atoms with E-state index in [1.165, 1.54) is 36.4 Å². The molecule has 0 spiro atoms. The van der Waals surface area contributed by atoms with Crippen LogP contribution in [0.5, 0.6) is 17.2 Å². The van der Waals surface area contributed by atoms with Gasteiger partial charge >= 0.3 is 6.11 Å². The van der Waals surface area contributed by atoms with Crippen LogP contribution in [0.2, 0.25) is 0 Å². The Kier molecular flexibility index (Phi) is 4.89. The number of phenolic OH excluding ortho intramolecular Hbond substituents is 1. The fraction of sp³-hybridized carbons (Fsp3) is 0.350. The molecule has 1 amide bonds. The predicted molar refractivity (Wildman–Crippen MR) is 97.6 cm³/mol. The fourth-order valence-corrected chi connectivity index (χ4v) is 2.99. The number of halogens is 3. The van der Waals surface area contributed by atoms with Gasteiger partial charge in [0, 0.05) is 12.6 Å². The number of carbonyl (C=O) groups is 1. The monoisotopic (exact) mass is 408 g/mol. The maximum Gasteiger partial charge on any atom is 0.400 e. The number of hydrogen-bond donors (Lipinski definition) is 3. The summed E-state index contributed by atoms with van der Waals surface area (Å²) in [6, 6.07) is 7.98. The Morgan fingerprint density at radius 1 is 1.28 bits per heavy atom. The number of anilines is 1. The molecule has 2 aromatic carbocycles. The van der Waals surface area contributed by atoms with Crippen LogP contribution in [-0.4, -0.2) is 29.8 Å². The Morgan fingerprint density at radius 3 is 2.83 bits per heavy atom. The number of amides is 1. The lowest BCUT2D eigenvalue weighted by Gasteiger charge is -2.26. The molecular weight excluding hydrogens is 389 g/mol. The van der Waals surface area contributed by atoms with Gasteiger partial charge in [-0.2, -0.15) is 8.78 Å². The molecular formula is C20H19F3N2O4. The number of aromatic hydroxyl groups is 1. The molecule has 6 nitrogen and oxygen atoms in total. The number of fused-ring (bicyclic) bond motifs is 1. The van der Waals surface area contributed by atoms with Crippen LogP contribution in [0.15, 0.2) is 36.4 Å². The summed E-state index contributed by atoms with van der Waals surface area (Å²) in [4.78, 5) is 12.4. The largest absolute Gasteiger partial charge is 0.504 e. The Balaban J connectivity index is 1.37. The smallest absolute Gasteiger partial charge is 0.400 e. The number of rotatable bonds is 6. The number of benzene rings is 2. The molecule has 4 rings (SSSR count). The van der Waals surface area contributed by atoms with Crippen molar-refractivity contribution in [3.8, 4) is 17.2 Å². The molecule has 0 radical (unpaired) electrons. The molecule has 1 atom stereocenters. The van der Waals surface area contributed by atoms with E-state index in [1.807, 2.05) is 0 Å². The summed E-state index contributed by atoms with van der Waals surface area (Å²) in [6.45, 7) is 0.211. The van der Waals surface area contributed by atoms with Crippen LogP contribution in [0.3, 0.4) is 0 Å². The third-order valence-electron chi connectivity index (χ3n) is 4.77. The van der Waals surface area contributed by atoms with Gasteiger partial charge in [0.2, 0.25) is 0 Å². The second kappa shape index (κ2) is 7.38. The minimum absolute atomic E-state index is 0.0142. The van der Waals surface area contributed by atoms with Crippen LogP contribution in [0.25, 0.3) is 0 Å². The standard InChI is InChI=1S/C20H19F3N2O4/c21-13-4-5-14-16(8-13)28-18(10-24-14)19(27)25-9-11-1-6-15(26)17(7-11)29-20(22,23)12-2-3-12/h1,4-8,12,18,24,26H,2-3,9-10H2,(H,25,27). The highest BCUT2D eigenvalue weighted by atomic mass is 19.3. The third-order valence-corrected chi connectivity index (χ3v) is 4.77. The normalized spacial score (nSPS) is 18.2. The van der Waals surface area contributed by atoms with Crippen molar-refractivity contribution in [1.82, 2.24) is 5.32 Å². The first kappa shape index (κ1) is 19.2. The first-order chi connectivity index (χ1) is 13.8. The van der Waals surface area contributed by atoms with E-state index in [4.69, 9.17) is 9.47 Å². The van der Waals surface area contributed by atoms with Crippen molar-refractivity contribution in [3.05, 3.63) is 47.8 Å². The molecule has 0 bridgehead atoms. The summed E-state index contributed by atoms with van der Waals surface area (Å²) in [5.74, 6) is -2.28. The molecule has 1 aliphatic carbocycles.